The maximum atomic E-state index is 13.5. The topological polar surface area (TPSA) is 51.9 Å². The van der Waals surface area contributed by atoms with Gasteiger partial charge in [0.15, 0.2) is 17.3 Å². The molecule has 3 rings (SSSR count). The molecule has 0 aliphatic heterocycles. The molecule has 0 saturated heterocycles. The number of ether oxygens (including phenoxy) is 2. The number of halogens is 2. The van der Waals surface area contributed by atoms with Crippen molar-refractivity contribution in [2.75, 3.05) is 20.2 Å². The van der Waals surface area contributed by atoms with Gasteiger partial charge >= 0.3 is 0 Å². The van der Waals surface area contributed by atoms with Gasteiger partial charge in [0, 0.05) is 7.05 Å². The van der Waals surface area contributed by atoms with E-state index in [2.05, 4.69) is 0 Å². The van der Waals surface area contributed by atoms with Crippen LogP contribution in [0.4, 0.5) is 8.78 Å². The Morgan fingerprint density at radius 1 is 1.00 bits per heavy atom. The van der Waals surface area contributed by atoms with E-state index in [-0.39, 0.29) is 43.0 Å². The molecule has 0 N–H and O–H groups in total. The second kappa shape index (κ2) is 9.03. The summed E-state index contributed by atoms with van der Waals surface area (Å²) in [5.74, 6) is 0.128. The zero-order valence-electron chi connectivity index (χ0n) is 15.2. The van der Waals surface area contributed by atoms with Gasteiger partial charge in [-0.15, -0.1) is 0 Å². The van der Waals surface area contributed by atoms with E-state index >= 15 is 0 Å². The number of carbonyl (C=O) groups is 1. The molecule has 0 fully saturated rings. The number of carbonyl (C=O) groups excluding carboxylic acids is 1. The molecular formula is C21H19F2NO4. The predicted octanol–water partition coefficient (Wildman–Crippen LogP) is 4.29. The van der Waals surface area contributed by atoms with Crippen LogP contribution >= 0.6 is 0 Å². The molecule has 2 aromatic carbocycles. The van der Waals surface area contributed by atoms with Crippen molar-refractivity contribution in [3.05, 3.63) is 83.8 Å². The van der Waals surface area contributed by atoms with Gasteiger partial charge in [-0.3, -0.25) is 4.79 Å². The summed E-state index contributed by atoms with van der Waals surface area (Å²) in [5.41, 5.74) is 0. The quantitative estimate of drug-likeness (QED) is 0.579. The molecule has 28 heavy (non-hydrogen) atoms. The highest BCUT2D eigenvalue weighted by atomic mass is 19.1. The zero-order chi connectivity index (χ0) is 19.9. The minimum absolute atomic E-state index is 0.110. The van der Waals surface area contributed by atoms with Crippen LogP contribution in [0.3, 0.4) is 0 Å². The van der Waals surface area contributed by atoms with Crippen LogP contribution in [0.25, 0.3) is 0 Å². The normalized spacial score (nSPS) is 10.5. The Morgan fingerprint density at radius 3 is 2.50 bits per heavy atom. The Hall–Kier alpha value is -3.35. The first kappa shape index (κ1) is 19.4. The van der Waals surface area contributed by atoms with Crippen LogP contribution in [0, 0.1) is 11.6 Å². The average Bonchev–Trinajstić information content (AvgIpc) is 3.17. The lowest BCUT2D eigenvalue weighted by Crippen LogP contribution is -2.30. The summed E-state index contributed by atoms with van der Waals surface area (Å²) in [6.07, 6.45) is 0. The molecule has 1 aromatic heterocycles. The van der Waals surface area contributed by atoms with Gasteiger partial charge in [-0.2, -0.15) is 0 Å². The van der Waals surface area contributed by atoms with Crippen molar-refractivity contribution in [2.24, 2.45) is 0 Å². The fourth-order valence-electron chi connectivity index (χ4n) is 2.40. The number of nitrogens with zero attached hydrogens (tertiary/aromatic N) is 1. The fraction of sp³-hybridized carbons (Fsp3) is 0.190. The molecule has 0 unspecified atom stereocenters. The first-order valence-corrected chi connectivity index (χ1v) is 8.63. The third kappa shape index (κ3) is 5.09. The molecule has 1 heterocycles. The minimum atomic E-state index is -0.451. The minimum Gasteiger partial charge on any atom is -0.489 e. The Balaban J connectivity index is 1.48. The summed E-state index contributed by atoms with van der Waals surface area (Å²) in [5, 5.41) is 0. The van der Waals surface area contributed by atoms with E-state index in [9.17, 15) is 13.6 Å². The molecule has 3 aromatic rings. The molecule has 7 heteroatoms. The number of hydrogen-bond acceptors (Lipinski definition) is 4. The summed E-state index contributed by atoms with van der Waals surface area (Å²) in [7, 11) is 1.60. The maximum Gasteiger partial charge on any atom is 0.289 e. The SMILES string of the molecule is CN(CCOc1ccccc1F)C(=O)c1ccc(COc2ccc(F)cc2)o1. The first-order chi connectivity index (χ1) is 13.5. The van der Waals surface area contributed by atoms with Gasteiger partial charge in [0.2, 0.25) is 0 Å². The fourth-order valence-corrected chi connectivity index (χ4v) is 2.40. The lowest BCUT2D eigenvalue weighted by atomic mass is 10.3. The van der Waals surface area contributed by atoms with Crippen LogP contribution in [0.5, 0.6) is 11.5 Å². The van der Waals surface area contributed by atoms with Crippen LogP contribution < -0.4 is 9.47 Å². The molecule has 1 amide bonds. The third-order valence-corrected chi connectivity index (χ3v) is 3.93. The van der Waals surface area contributed by atoms with Crippen LogP contribution in [0.2, 0.25) is 0 Å². The van der Waals surface area contributed by atoms with Gasteiger partial charge in [0.1, 0.15) is 30.5 Å². The van der Waals surface area contributed by atoms with Crippen LogP contribution in [-0.2, 0) is 6.61 Å². The highest BCUT2D eigenvalue weighted by molar-refractivity contribution is 5.91. The van der Waals surface area contributed by atoms with E-state index < -0.39 is 5.82 Å². The monoisotopic (exact) mass is 387 g/mol. The van der Waals surface area contributed by atoms with Crippen LogP contribution in [0.15, 0.2) is 65.1 Å². The zero-order valence-corrected chi connectivity index (χ0v) is 15.2. The molecule has 0 aliphatic rings. The van der Waals surface area contributed by atoms with Crippen LogP contribution in [-0.4, -0.2) is 31.0 Å². The molecule has 0 radical (unpaired) electrons. The first-order valence-electron chi connectivity index (χ1n) is 8.63. The molecule has 146 valence electrons. The van der Waals surface area contributed by atoms with Crippen molar-refractivity contribution in [2.45, 2.75) is 6.61 Å². The molecule has 0 atom stereocenters. The van der Waals surface area contributed by atoms with Gasteiger partial charge in [-0.25, -0.2) is 8.78 Å². The highest BCUT2D eigenvalue weighted by Crippen LogP contribution is 2.17. The molecule has 0 saturated carbocycles. The van der Waals surface area contributed by atoms with E-state index in [1.807, 2.05) is 0 Å². The standard InChI is InChI=1S/C21H19F2NO4/c1-24(12-13-26-19-5-3-2-4-18(19)23)21(25)20-11-10-17(28-20)14-27-16-8-6-15(22)7-9-16/h2-11H,12-14H2,1H3. The van der Waals surface area contributed by atoms with Gasteiger partial charge in [0.05, 0.1) is 6.54 Å². The van der Waals surface area contributed by atoms with Crippen molar-refractivity contribution in [1.29, 1.82) is 0 Å². The van der Waals surface area contributed by atoms with Gasteiger partial charge in [-0.05, 0) is 48.5 Å². The molecule has 0 spiro atoms. The Bertz CT molecular complexity index is 924. The lowest BCUT2D eigenvalue weighted by Gasteiger charge is -2.16. The number of furan rings is 1. The Kier molecular flexibility index (Phi) is 6.26. The van der Waals surface area contributed by atoms with Crippen molar-refractivity contribution < 1.29 is 27.5 Å². The highest BCUT2D eigenvalue weighted by Gasteiger charge is 2.16. The largest absolute Gasteiger partial charge is 0.489 e. The van der Waals surface area contributed by atoms with Crippen LogP contribution in [0.1, 0.15) is 16.3 Å². The van der Waals surface area contributed by atoms with Crippen molar-refractivity contribution in [3.63, 3.8) is 0 Å². The number of benzene rings is 2. The van der Waals surface area contributed by atoms with Crippen molar-refractivity contribution in [1.82, 2.24) is 4.90 Å². The smallest absolute Gasteiger partial charge is 0.289 e. The summed E-state index contributed by atoms with van der Waals surface area (Å²) in [6, 6.07) is 14.9. The Morgan fingerprint density at radius 2 is 1.75 bits per heavy atom. The summed E-state index contributed by atoms with van der Waals surface area (Å²) in [6.45, 7) is 0.513. The summed E-state index contributed by atoms with van der Waals surface area (Å²) >= 11 is 0. The summed E-state index contributed by atoms with van der Waals surface area (Å²) < 4.78 is 42.7. The predicted molar refractivity (Wildman–Crippen MR) is 98.3 cm³/mol. The van der Waals surface area contributed by atoms with E-state index in [0.29, 0.717) is 11.5 Å². The number of likely N-dealkylation sites (N-methyl/N-ethyl adjacent to an activating group) is 1. The number of hydrogen-bond donors (Lipinski definition) is 0. The van der Waals surface area contributed by atoms with E-state index in [1.165, 1.54) is 41.3 Å². The van der Waals surface area contributed by atoms with E-state index in [0.717, 1.165) is 0 Å². The third-order valence-electron chi connectivity index (χ3n) is 3.93. The molecule has 0 bridgehead atoms. The van der Waals surface area contributed by atoms with E-state index in [4.69, 9.17) is 13.9 Å². The van der Waals surface area contributed by atoms with Crippen molar-refractivity contribution >= 4 is 5.91 Å². The summed E-state index contributed by atoms with van der Waals surface area (Å²) in [4.78, 5) is 13.8. The second-order valence-electron chi connectivity index (χ2n) is 6.01. The lowest BCUT2D eigenvalue weighted by molar-refractivity contribution is 0.0737. The Labute approximate surface area is 161 Å². The number of rotatable bonds is 8. The molecule has 5 nitrogen and oxygen atoms in total. The van der Waals surface area contributed by atoms with Gasteiger partial charge in [0.25, 0.3) is 5.91 Å². The van der Waals surface area contributed by atoms with Crippen molar-refractivity contribution in [3.8, 4) is 11.5 Å². The van der Waals surface area contributed by atoms with Gasteiger partial charge in [-0.1, -0.05) is 12.1 Å². The number of amides is 1. The van der Waals surface area contributed by atoms with Gasteiger partial charge < -0.3 is 18.8 Å². The maximum absolute atomic E-state index is 13.5. The average molecular weight is 387 g/mol. The number of para-hydroxylation sites is 1. The second-order valence-corrected chi connectivity index (χ2v) is 6.01. The molecule has 0 aliphatic carbocycles. The van der Waals surface area contributed by atoms with E-state index in [1.54, 1.807) is 31.3 Å². The molecular weight excluding hydrogens is 368 g/mol.